The third-order valence-corrected chi connectivity index (χ3v) is 4.00. The van der Waals surface area contributed by atoms with Gasteiger partial charge in [0.1, 0.15) is 17.2 Å². The predicted octanol–water partition coefficient (Wildman–Crippen LogP) is 4.01. The monoisotopic (exact) mass is 386 g/mol. The molecule has 1 aromatic heterocycles. The van der Waals surface area contributed by atoms with Crippen LogP contribution in [-0.2, 0) is 4.74 Å². The maximum atomic E-state index is 12.7. The Morgan fingerprint density at radius 1 is 1.14 bits per heavy atom. The molecule has 1 amide bonds. The SMILES string of the molecule is CCCCOc1ccc(OC)cc1NC(=O)c1ccc(C(=O)OCC)c(C)n1. The molecule has 0 saturated carbocycles. The van der Waals surface area contributed by atoms with E-state index in [1.807, 2.05) is 0 Å². The number of methoxy groups -OCH3 is 1. The summed E-state index contributed by atoms with van der Waals surface area (Å²) in [5.41, 5.74) is 1.45. The largest absolute Gasteiger partial charge is 0.497 e. The number of nitrogens with one attached hydrogen (secondary N) is 1. The maximum absolute atomic E-state index is 12.7. The summed E-state index contributed by atoms with van der Waals surface area (Å²) in [6.07, 6.45) is 1.92. The van der Waals surface area contributed by atoms with E-state index in [1.54, 1.807) is 45.2 Å². The van der Waals surface area contributed by atoms with Crippen molar-refractivity contribution in [1.29, 1.82) is 0 Å². The number of pyridine rings is 1. The first-order valence-corrected chi connectivity index (χ1v) is 9.27. The number of benzene rings is 1. The van der Waals surface area contributed by atoms with Crippen LogP contribution < -0.4 is 14.8 Å². The van der Waals surface area contributed by atoms with Crippen LogP contribution in [0.5, 0.6) is 11.5 Å². The minimum atomic E-state index is -0.459. The molecule has 2 aromatic rings. The van der Waals surface area contributed by atoms with Gasteiger partial charge in [0.05, 0.1) is 37.3 Å². The molecule has 1 heterocycles. The van der Waals surface area contributed by atoms with Crippen molar-refractivity contribution in [3.63, 3.8) is 0 Å². The number of hydrogen-bond acceptors (Lipinski definition) is 6. The molecular formula is C21H26N2O5. The van der Waals surface area contributed by atoms with Gasteiger partial charge in [-0.3, -0.25) is 4.79 Å². The number of carbonyl (C=O) groups excluding carboxylic acids is 2. The molecule has 1 N–H and O–H groups in total. The summed E-state index contributed by atoms with van der Waals surface area (Å²) in [5, 5.41) is 2.81. The van der Waals surface area contributed by atoms with Gasteiger partial charge in [-0.05, 0) is 44.5 Å². The highest BCUT2D eigenvalue weighted by Crippen LogP contribution is 2.30. The van der Waals surface area contributed by atoms with Crippen molar-refractivity contribution in [3.05, 3.63) is 47.3 Å². The van der Waals surface area contributed by atoms with E-state index in [0.29, 0.717) is 35.1 Å². The molecule has 0 radical (unpaired) electrons. The first kappa shape index (κ1) is 21.2. The first-order chi connectivity index (χ1) is 13.5. The Bertz CT molecular complexity index is 836. The van der Waals surface area contributed by atoms with Crippen LogP contribution in [0.3, 0.4) is 0 Å². The van der Waals surface area contributed by atoms with Crippen molar-refractivity contribution >= 4 is 17.6 Å². The van der Waals surface area contributed by atoms with Crippen molar-refractivity contribution in [2.75, 3.05) is 25.6 Å². The molecule has 0 unspecified atom stereocenters. The van der Waals surface area contributed by atoms with Crippen LogP contribution in [-0.4, -0.2) is 37.2 Å². The van der Waals surface area contributed by atoms with Crippen LogP contribution in [0.15, 0.2) is 30.3 Å². The lowest BCUT2D eigenvalue weighted by Gasteiger charge is -2.14. The number of rotatable bonds is 9. The maximum Gasteiger partial charge on any atom is 0.339 e. The van der Waals surface area contributed by atoms with Crippen LogP contribution in [0, 0.1) is 6.92 Å². The number of aromatic nitrogens is 1. The fourth-order valence-corrected chi connectivity index (χ4v) is 2.48. The standard InChI is InChI=1S/C21H26N2O5/c1-5-7-12-28-19-11-8-15(26-4)13-18(19)23-20(24)17-10-9-16(14(3)22-17)21(25)27-6-2/h8-11,13H,5-7,12H2,1-4H3,(H,23,24). The molecule has 1 aromatic carbocycles. The molecule has 0 aliphatic rings. The van der Waals surface area contributed by atoms with Gasteiger partial charge in [0.15, 0.2) is 0 Å². The van der Waals surface area contributed by atoms with Gasteiger partial charge in [-0.2, -0.15) is 0 Å². The quantitative estimate of drug-likeness (QED) is 0.518. The lowest BCUT2D eigenvalue weighted by atomic mass is 10.1. The summed E-state index contributed by atoms with van der Waals surface area (Å²) in [6, 6.07) is 8.25. The summed E-state index contributed by atoms with van der Waals surface area (Å²) < 4.78 is 16.0. The van der Waals surface area contributed by atoms with E-state index in [1.165, 1.54) is 6.07 Å². The van der Waals surface area contributed by atoms with Gasteiger partial charge in [0.2, 0.25) is 0 Å². The molecule has 2 rings (SSSR count). The van der Waals surface area contributed by atoms with E-state index < -0.39 is 11.9 Å². The van der Waals surface area contributed by atoms with Gasteiger partial charge in [-0.25, -0.2) is 9.78 Å². The van der Waals surface area contributed by atoms with Crippen molar-refractivity contribution in [2.24, 2.45) is 0 Å². The number of aryl methyl sites for hydroxylation is 1. The zero-order chi connectivity index (χ0) is 20.5. The predicted molar refractivity (Wildman–Crippen MR) is 106 cm³/mol. The van der Waals surface area contributed by atoms with Crippen LogP contribution >= 0.6 is 0 Å². The van der Waals surface area contributed by atoms with E-state index in [0.717, 1.165) is 12.8 Å². The molecule has 0 bridgehead atoms. The number of unbranched alkanes of at least 4 members (excludes halogenated alkanes) is 1. The van der Waals surface area contributed by atoms with E-state index in [9.17, 15) is 9.59 Å². The lowest BCUT2D eigenvalue weighted by Crippen LogP contribution is -2.17. The van der Waals surface area contributed by atoms with Crippen molar-refractivity contribution in [1.82, 2.24) is 4.98 Å². The van der Waals surface area contributed by atoms with Crippen molar-refractivity contribution in [2.45, 2.75) is 33.6 Å². The minimum absolute atomic E-state index is 0.188. The molecular weight excluding hydrogens is 360 g/mol. The highest BCUT2D eigenvalue weighted by atomic mass is 16.5. The van der Waals surface area contributed by atoms with Crippen molar-refractivity contribution in [3.8, 4) is 11.5 Å². The van der Waals surface area contributed by atoms with Gasteiger partial charge in [0.25, 0.3) is 5.91 Å². The number of nitrogens with zero attached hydrogens (tertiary/aromatic N) is 1. The highest BCUT2D eigenvalue weighted by molar-refractivity contribution is 6.04. The summed E-state index contributed by atoms with van der Waals surface area (Å²) in [4.78, 5) is 28.8. The molecule has 7 nitrogen and oxygen atoms in total. The molecule has 7 heteroatoms. The Morgan fingerprint density at radius 3 is 2.57 bits per heavy atom. The Kier molecular flexibility index (Phi) is 7.80. The van der Waals surface area contributed by atoms with Crippen LogP contribution in [0.2, 0.25) is 0 Å². The smallest absolute Gasteiger partial charge is 0.339 e. The van der Waals surface area contributed by atoms with Gasteiger partial charge in [-0.1, -0.05) is 13.3 Å². The summed E-state index contributed by atoms with van der Waals surface area (Å²) >= 11 is 0. The Balaban J connectivity index is 2.21. The molecule has 0 fully saturated rings. The number of amides is 1. The van der Waals surface area contributed by atoms with Crippen LogP contribution in [0.4, 0.5) is 5.69 Å². The second-order valence-electron chi connectivity index (χ2n) is 6.07. The number of anilines is 1. The second kappa shape index (κ2) is 10.3. The fraction of sp³-hybridized carbons (Fsp3) is 0.381. The second-order valence-corrected chi connectivity index (χ2v) is 6.07. The van der Waals surface area contributed by atoms with Gasteiger partial charge >= 0.3 is 5.97 Å². The summed E-state index contributed by atoms with van der Waals surface area (Å²) in [6.45, 7) is 6.30. The van der Waals surface area contributed by atoms with Crippen LogP contribution in [0.1, 0.15) is 53.2 Å². The Labute approximate surface area is 165 Å². The van der Waals surface area contributed by atoms with Gasteiger partial charge < -0.3 is 19.5 Å². The topological polar surface area (TPSA) is 86.8 Å². The Morgan fingerprint density at radius 2 is 1.93 bits per heavy atom. The molecule has 0 spiro atoms. The third-order valence-electron chi connectivity index (χ3n) is 4.00. The number of carbonyl (C=O) groups is 2. The van der Waals surface area contributed by atoms with E-state index >= 15 is 0 Å². The number of ether oxygens (including phenoxy) is 3. The van der Waals surface area contributed by atoms with E-state index in [4.69, 9.17) is 14.2 Å². The summed E-state index contributed by atoms with van der Waals surface area (Å²) in [7, 11) is 1.55. The lowest BCUT2D eigenvalue weighted by molar-refractivity contribution is 0.0524. The first-order valence-electron chi connectivity index (χ1n) is 9.27. The molecule has 0 aliphatic heterocycles. The number of hydrogen-bond donors (Lipinski definition) is 1. The zero-order valence-electron chi connectivity index (χ0n) is 16.7. The summed E-state index contributed by atoms with van der Waals surface area (Å²) in [5.74, 6) is 0.286. The normalized spacial score (nSPS) is 10.3. The fourth-order valence-electron chi connectivity index (χ4n) is 2.48. The number of esters is 1. The van der Waals surface area contributed by atoms with Crippen LogP contribution in [0.25, 0.3) is 0 Å². The molecule has 28 heavy (non-hydrogen) atoms. The molecule has 150 valence electrons. The average Bonchev–Trinajstić information content (AvgIpc) is 2.69. The highest BCUT2D eigenvalue weighted by Gasteiger charge is 2.16. The van der Waals surface area contributed by atoms with Gasteiger partial charge in [0, 0.05) is 6.07 Å². The Hall–Kier alpha value is -3.09. The molecule has 0 aliphatic carbocycles. The molecule has 0 atom stereocenters. The third kappa shape index (κ3) is 5.45. The van der Waals surface area contributed by atoms with Crippen molar-refractivity contribution < 1.29 is 23.8 Å². The zero-order valence-corrected chi connectivity index (χ0v) is 16.7. The van der Waals surface area contributed by atoms with Gasteiger partial charge in [-0.15, -0.1) is 0 Å². The molecule has 0 saturated heterocycles. The minimum Gasteiger partial charge on any atom is -0.497 e. The van der Waals surface area contributed by atoms with E-state index in [2.05, 4.69) is 17.2 Å². The van der Waals surface area contributed by atoms with E-state index in [-0.39, 0.29) is 12.3 Å². The average molecular weight is 386 g/mol.